The summed E-state index contributed by atoms with van der Waals surface area (Å²) >= 11 is 0. The largest absolute Gasteiger partial charge is 0.444 e. The Morgan fingerprint density at radius 1 is 1.50 bits per heavy atom. The van der Waals surface area contributed by atoms with Crippen LogP contribution in [0.5, 0.6) is 0 Å². The molecule has 0 aromatic carbocycles. The number of hydrogen-bond acceptors (Lipinski definition) is 4. The first-order chi connectivity index (χ1) is 7.31. The van der Waals surface area contributed by atoms with Gasteiger partial charge in [-0.2, -0.15) is 0 Å². The first-order valence-corrected chi connectivity index (χ1v) is 5.77. The molecule has 1 fully saturated rings. The molecule has 1 aliphatic carbocycles. The third-order valence-electron chi connectivity index (χ3n) is 2.34. The lowest BCUT2D eigenvalue weighted by Gasteiger charge is -2.20. The van der Waals surface area contributed by atoms with Crippen LogP contribution in [0.25, 0.3) is 0 Å². The smallest absolute Gasteiger partial charge is 0.407 e. The van der Waals surface area contributed by atoms with E-state index in [4.69, 9.17) is 10.5 Å². The molecule has 0 saturated heterocycles. The van der Waals surface area contributed by atoms with Crippen LogP contribution < -0.4 is 16.4 Å². The van der Waals surface area contributed by atoms with Crippen molar-refractivity contribution in [2.24, 2.45) is 5.73 Å². The summed E-state index contributed by atoms with van der Waals surface area (Å²) in [7, 11) is 0. The van der Waals surface area contributed by atoms with Crippen LogP contribution in [-0.2, 0) is 4.74 Å². The van der Waals surface area contributed by atoms with Crippen LogP contribution >= 0.6 is 0 Å². The van der Waals surface area contributed by atoms with E-state index in [-0.39, 0.29) is 18.2 Å². The standard InChI is InChI=1S/C11H23N3O2/c1-7(6-12)13-8-5-9(8)14-10(15)16-11(2,3)4/h7-9,13H,5-6,12H2,1-4H3,(H,14,15). The maximum Gasteiger partial charge on any atom is 0.407 e. The molecule has 0 heterocycles. The zero-order valence-electron chi connectivity index (χ0n) is 10.5. The molecule has 0 radical (unpaired) electrons. The normalized spacial score (nSPS) is 26.1. The molecule has 5 heteroatoms. The molecule has 0 aliphatic heterocycles. The quantitative estimate of drug-likeness (QED) is 0.659. The fourth-order valence-electron chi connectivity index (χ4n) is 1.43. The van der Waals surface area contributed by atoms with Crippen LogP contribution in [0.1, 0.15) is 34.1 Å². The Balaban J connectivity index is 2.19. The van der Waals surface area contributed by atoms with E-state index in [1.54, 1.807) is 0 Å². The maximum absolute atomic E-state index is 11.4. The van der Waals surface area contributed by atoms with Crippen LogP contribution in [-0.4, -0.2) is 36.4 Å². The molecular formula is C11H23N3O2. The van der Waals surface area contributed by atoms with Gasteiger partial charge in [0.25, 0.3) is 0 Å². The van der Waals surface area contributed by atoms with Crippen molar-refractivity contribution in [3.63, 3.8) is 0 Å². The number of amides is 1. The van der Waals surface area contributed by atoms with Crippen molar-refractivity contribution >= 4 is 6.09 Å². The monoisotopic (exact) mass is 229 g/mol. The Labute approximate surface area is 97.1 Å². The van der Waals surface area contributed by atoms with Gasteiger partial charge < -0.3 is 21.1 Å². The summed E-state index contributed by atoms with van der Waals surface area (Å²) in [6.45, 7) is 8.20. The average molecular weight is 229 g/mol. The number of carbonyl (C=O) groups excluding carboxylic acids is 1. The maximum atomic E-state index is 11.4. The number of alkyl carbamates (subject to hydrolysis) is 1. The first-order valence-electron chi connectivity index (χ1n) is 5.77. The second kappa shape index (κ2) is 5.01. The molecule has 94 valence electrons. The van der Waals surface area contributed by atoms with Crippen LogP contribution in [0.4, 0.5) is 4.79 Å². The molecule has 16 heavy (non-hydrogen) atoms. The Kier molecular flexibility index (Phi) is 4.15. The van der Waals surface area contributed by atoms with E-state index in [9.17, 15) is 4.79 Å². The molecule has 0 bridgehead atoms. The molecular weight excluding hydrogens is 206 g/mol. The highest BCUT2D eigenvalue weighted by Crippen LogP contribution is 2.22. The van der Waals surface area contributed by atoms with E-state index in [0.717, 1.165) is 6.42 Å². The van der Waals surface area contributed by atoms with Gasteiger partial charge in [-0.05, 0) is 34.1 Å². The highest BCUT2D eigenvalue weighted by molar-refractivity contribution is 5.68. The number of nitrogens with two attached hydrogens (primary N) is 1. The van der Waals surface area contributed by atoms with E-state index in [1.165, 1.54) is 0 Å². The topological polar surface area (TPSA) is 76.4 Å². The van der Waals surface area contributed by atoms with E-state index < -0.39 is 5.60 Å². The second-order valence-corrected chi connectivity index (χ2v) is 5.40. The summed E-state index contributed by atoms with van der Waals surface area (Å²) < 4.78 is 5.17. The molecule has 5 nitrogen and oxygen atoms in total. The van der Waals surface area contributed by atoms with Gasteiger partial charge in [0.2, 0.25) is 0 Å². The number of carbonyl (C=O) groups is 1. The van der Waals surface area contributed by atoms with Gasteiger partial charge in [-0.25, -0.2) is 4.79 Å². The summed E-state index contributed by atoms with van der Waals surface area (Å²) in [6.07, 6.45) is 0.603. The summed E-state index contributed by atoms with van der Waals surface area (Å²) in [5.74, 6) is 0. The number of ether oxygens (including phenoxy) is 1. The summed E-state index contributed by atoms with van der Waals surface area (Å²) in [6, 6.07) is 0.811. The van der Waals surface area contributed by atoms with Crippen molar-refractivity contribution in [1.82, 2.24) is 10.6 Å². The van der Waals surface area contributed by atoms with Gasteiger partial charge in [0.1, 0.15) is 5.60 Å². The highest BCUT2D eigenvalue weighted by atomic mass is 16.6. The van der Waals surface area contributed by atoms with E-state index in [2.05, 4.69) is 10.6 Å². The minimum absolute atomic E-state index is 0.184. The highest BCUT2D eigenvalue weighted by Gasteiger charge is 2.39. The van der Waals surface area contributed by atoms with Crippen LogP contribution in [0.15, 0.2) is 0 Å². The summed E-state index contributed by atoms with van der Waals surface area (Å²) in [5.41, 5.74) is 5.07. The fourth-order valence-corrected chi connectivity index (χ4v) is 1.43. The SMILES string of the molecule is CC(CN)NC1CC1NC(=O)OC(C)(C)C. The van der Waals surface area contributed by atoms with Crippen molar-refractivity contribution < 1.29 is 9.53 Å². The molecule has 1 amide bonds. The van der Waals surface area contributed by atoms with E-state index in [1.807, 2.05) is 27.7 Å². The minimum Gasteiger partial charge on any atom is -0.444 e. The van der Waals surface area contributed by atoms with E-state index >= 15 is 0 Å². The molecule has 1 aliphatic rings. The second-order valence-electron chi connectivity index (χ2n) is 5.40. The molecule has 1 saturated carbocycles. The Bertz CT molecular complexity index is 250. The van der Waals surface area contributed by atoms with Gasteiger partial charge in [-0.3, -0.25) is 0 Å². The molecule has 0 aromatic heterocycles. The van der Waals surface area contributed by atoms with Crippen molar-refractivity contribution in [3.8, 4) is 0 Å². The molecule has 0 aromatic rings. The molecule has 0 spiro atoms. The van der Waals surface area contributed by atoms with Gasteiger partial charge in [0.15, 0.2) is 0 Å². The Hall–Kier alpha value is -0.810. The predicted molar refractivity (Wildman–Crippen MR) is 63.2 cm³/mol. The van der Waals surface area contributed by atoms with Gasteiger partial charge >= 0.3 is 6.09 Å². The molecule has 4 N–H and O–H groups in total. The Morgan fingerprint density at radius 3 is 2.62 bits per heavy atom. The van der Waals surface area contributed by atoms with Crippen molar-refractivity contribution in [2.45, 2.75) is 57.8 Å². The zero-order valence-corrected chi connectivity index (χ0v) is 10.5. The predicted octanol–water partition coefficient (Wildman–Crippen LogP) is 0.589. The van der Waals surface area contributed by atoms with Crippen molar-refractivity contribution in [3.05, 3.63) is 0 Å². The fraction of sp³-hybridized carbons (Fsp3) is 0.909. The zero-order chi connectivity index (χ0) is 12.3. The van der Waals surface area contributed by atoms with Gasteiger partial charge in [0.05, 0.1) is 0 Å². The van der Waals surface area contributed by atoms with Crippen LogP contribution in [0.2, 0.25) is 0 Å². The lowest BCUT2D eigenvalue weighted by Crippen LogP contribution is -2.40. The molecule has 3 unspecified atom stereocenters. The van der Waals surface area contributed by atoms with Crippen LogP contribution in [0.3, 0.4) is 0 Å². The number of rotatable bonds is 4. The third kappa shape index (κ3) is 4.81. The average Bonchev–Trinajstić information content (AvgIpc) is 2.79. The van der Waals surface area contributed by atoms with Gasteiger partial charge in [-0.1, -0.05) is 0 Å². The number of nitrogens with one attached hydrogen (secondary N) is 2. The molecule has 1 rings (SSSR count). The first kappa shape index (κ1) is 13.3. The molecule has 3 atom stereocenters. The number of hydrogen-bond donors (Lipinski definition) is 3. The van der Waals surface area contributed by atoms with Crippen molar-refractivity contribution in [2.75, 3.05) is 6.54 Å². The summed E-state index contributed by atoms with van der Waals surface area (Å²) in [5, 5.41) is 6.15. The van der Waals surface area contributed by atoms with Gasteiger partial charge in [0, 0.05) is 24.7 Å². The van der Waals surface area contributed by atoms with Gasteiger partial charge in [-0.15, -0.1) is 0 Å². The minimum atomic E-state index is -0.438. The lowest BCUT2D eigenvalue weighted by atomic mass is 10.2. The lowest BCUT2D eigenvalue weighted by molar-refractivity contribution is 0.0522. The van der Waals surface area contributed by atoms with Crippen LogP contribution in [0, 0.1) is 0 Å². The Morgan fingerprint density at radius 2 is 2.12 bits per heavy atom. The van der Waals surface area contributed by atoms with E-state index in [0.29, 0.717) is 12.6 Å². The third-order valence-corrected chi connectivity index (χ3v) is 2.34. The van der Waals surface area contributed by atoms with Crippen molar-refractivity contribution in [1.29, 1.82) is 0 Å². The summed E-state index contributed by atoms with van der Waals surface area (Å²) in [4.78, 5) is 11.4.